The van der Waals surface area contributed by atoms with Gasteiger partial charge in [-0.05, 0) is 20.3 Å². The number of ether oxygens (including phenoxy) is 2. The van der Waals surface area contributed by atoms with E-state index in [2.05, 4.69) is 0 Å². The highest BCUT2D eigenvalue weighted by atomic mass is 28.1. The molecule has 0 aliphatic rings. The number of rotatable bonds is 7. The third-order valence-corrected chi connectivity index (χ3v) is 2.21. The summed E-state index contributed by atoms with van der Waals surface area (Å²) in [4.78, 5) is 0. The molecular formula is C8H20O2Si. The molecule has 11 heavy (non-hydrogen) atoms. The van der Waals surface area contributed by atoms with Crippen molar-refractivity contribution in [3.8, 4) is 0 Å². The zero-order chi connectivity index (χ0) is 8.53. The van der Waals surface area contributed by atoms with Crippen LogP contribution in [0.2, 0.25) is 6.04 Å². The number of hydrogen-bond donors (Lipinski definition) is 0. The molecule has 0 saturated carbocycles. The molecule has 0 radical (unpaired) electrons. The van der Waals surface area contributed by atoms with E-state index in [1.165, 1.54) is 22.7 Å². The highest BCUT2D eigenvalue weighted by Gasteiger charge is 2.05. The van der Waals surface area contributed by atoms with Crippen molar-refractivity contribution in [2.45, 2.75) is 39.0 Å². The van der Waals surface area contributed by atoms with Crippen LogP contribution in [0.4, 0.5) is 0 Å². The zero-order valence-corrected chi connectivity index (χ0v) is 9.93. The van der Waals surface area contributed by atoms with Crippen LogP contribution in [0.15, 0.2) is 0 Å². The van der Waals surface area contributed by atoms with Gasteiger partial charge in [0.05, 0.1) is 0 Å². The third-order valence-electron chi connectivity index (χ3n) is 1.50. The molecule has 0 amide bonds. The van der Waals surface area contributed by atoms with Crippen molar-refractivity contribution in [1.29, 1.82) is 0 Å². The molecule has 3 heteroatoms. The van der Waals surface area contributed by atoms with Crippen molar-refractivity contribution in [2.24, 2.45) is 0 Å². The molecule has 0 atom stereocenters. The summed E-state index contributed by atoms with van der Waals surface area (Å²) in [7, 11) is 1.29. The summed E-state index contributed by atoms with van der Waals surface area (Å²) in [6.45, 7) is 5.52. The van der Waals surface area contributed by atoms with Gasteiger partial charge in [-0.3, -0.25) is 0 Å². The van der Waals surface area contributed by atoms with Crippen LogP contribution in [-0.4, -0.2) is 29.7 Å². The molecule has 0 spiro atoms. The van der Waals surface area contributed by atoms with E-state index in [0.29, 0.717) is 0 Å². The minimum Gasteiger partial charge on any atom is -0.353 e. The largest absolute Gasteiger partial charge is 0.353 e. The summed E-state index contributed by atoms with van der Waals surface area (Å²) >= 11 is 0. The highest BCUT2D eigenvalue weighted by molar-refractivity contribution is 6.08. The molecule has 68 valence electrons. The normalized spacial score (nSPS) is 11.2. The molecule has 0 unspecified atom stereocenters. The van der Waals surface area contributed by atoms with Crippen molar-refractivity contribution < 1.29 is 9.47 Å². The lowest BCUT2D eigenvalue weighted by atomic mass is 10.3. The second-order valence-electron chi connectivity index (χ2n) is 2.48. The van der Waals surface area contributed by atoms with E-state index in [9.17, 15) is 0 Å². The first-order valence-electron chi connectivity index (χ1n) is 4.58. The van der Waals surface area contributed by atoms with Crippen LogP contribution in [0, 0.1) is 0 Å². The van der Waals surface area contributed by atoms with E-state index in [1.54, 1.807) is 0 Å². The lowest BCUT2D eigenvalue weighted by Gasteiger charge is -2.15. The molecule has 0 fully saturated rings. The maximum Gasteiger partial charge on any atom is 0.157 e. The van der Waals surface area contributed by atoms with E-state index < -0.39 is 0 Å². The summed E-state index contributed by atoms with van der Waals surface area (Å²) < 4.78 is 10.8. The first-order valence-corrected chi connectivity index (χ1v) is 5.99. The van der Waals surface area contributed by atoms with Crippen LogP contribution in [0.1, 0.15) is 26.7 Å². The van der Waals surface area contributed by atoms with Crippen LogP contribution in [0.3, 0.4) is 0 Å². The fourth-order valence-corrected chi connectivity index (χ4v) is 1.37. The van der Waals surface area contributed by atoms with E-state index in [4.69, 9.17) is 9.47 Å². The molecule has 2 nitrogen and oxygen atoms in total. The Kier molecular flexibility index (Phi) is 8.34. The fourth-order valence-electron chi connectivity index (χ4n) is 0.957. The standard InChI is InChI=1S/C8H20O2Si/c1-3-9-8(10-4-2)6-5-7-11/h8H,3-7H2,1-2,11H3. The predicted octanol–water partition coefficient (Wildman–Crippen LogP) is 0.949. The third kappa shape index (κ3) is 6.53. The van der Waals surface area contributed by atoms with Crippen molar-refractivity contribution in [2.75, 3.05) is 13.2 Å². The summed E-state index contributed by atoms with van der Waals surface area (Å²) in [5.41, 5.74) is 0. The van der Waals surface area contributed by atoms with Gasteiger partial charge in [-0.2, -0.15) is 0 Å². The van der Waals surface area contributed by atoms with Gasteiger partial charge in [0, 0.05) is 23.5 Å². The van der Waals surface area contributed by atoms with Crippen LogP contribution in [-0.2, 0) is 9.47 Å². The molecule has 0 aromatic carbocycles. The molecule has 0 aliphatic carbocycles. The summed E-state index contributed by atoms with van der Waals surface area (Å²) in [5, 5.41) is 0. The Hall–Kier alpha value is 0.137. The first-order chi connectivity index (χ1) is 5.35. The molecule has 0 aromatic rings. The predicted molar refractivity (Wildman–Crippen MR) is 51.0 cm³/mol. The quantitative estimate of drug-likeness (QED) is 0.425. The van der Waals surface area contributed by atoms with Gasteiger partial charge in [-0.1, -0.05) is 12.5 Å². The topological polar surface area (TPSA) is 18.5 Å². The minimum atomic E-state index is 0.0546. The second-order valence-corrected chi connectivity index (χ2v) is 3.48. The van der Waals surface area contributed by atoms with Gasteiger partial charge in [-0.15, -0.1) is 0 Å². The average molecular weight is 176 g/mol. The SMILES string of the molecule is CCOC(CCC[SiH3])OCC. The highest BCUT2D eigenvalue weighted by Crippen LogP contribution is 2.05. The van der Waals surface area contributed by atoms with Crippen LogP contribution in [0.25, 0.3) is 0 Å². The molecule has 0 aliphatic heterocycles. The second kappa shape index (κ2) is 8.24. The zero-order valence-electron chi connectivity index (χ0n) is 7.93. The Labute approximate surface area is 72.7 Å². The maximum atomic E-state index is 5.38. The van der Waals surface area contributed by atoms with E-state index in [0.717, 1.165) is 19.6 Å². The molecule has 0 rings (SSSR count). The minimum absolute atomic E-state index is 0.0546. The van der Waals surface area contributed by atoms with Crippen molar-refractivity contribution in [1.82, 2.24) is 0 Å². The molecule has 0 heterocycles. The maximum absolute atomic E-state index is 5.38. The fraction of sp³-hybridized carbons (Fsp3) is 1.00. The lowest BCUT2D eigenvalue weighted by molar-refractivity contribution is -0.139. The van der Waals surface area contributed by atoms with Gasteiger partial charge in [0.15, 0.2) is 6.29 Å². The molecule has 0 saturated heterocycles. The van der Waals surface area contributed by atoms with Gasteiger partial charge in [0.2, 0.25) is 0 Å². The molecule has 0 aromatic heterocycles. The van der Waals surface area contributed by atoms with Crippen molar-refractivity contribution in [3.63, 3.8) is 0 Å². The van der Waals surface area contributed by atoms with Gasteiger partial charge in [0.1, 0.15) is 0 Å². The van der Waals surface area contributed by atoms with Crippen LogP contribution < -0.4 is 0 Å². The Morgan fingerprint density at radius 3 is 2.09 bits per heavy atom. The van der Waals surface area contributed by atoms with Crippen LogP contribution >= 0.6 is 0 Å². The Balaban J connectivity index is 3.34. The van der Waals surface area contributed by atoms with Crippen LogP contribution in [0.5, 0.6) is 0 Å². The lowest BCUT2D eigenvalue weighted by Crippen LogP contribution is -2.16. The monoisotopic (exact) mass is 176 g/mol. The Morgan fingerprint density at radius 1 is 1.18 bits per heavy atom. The van der Waals surface area contributed by atoms with E-state index in [-0.39, 0.29) is 6.29 Å². The van der Waals surface area contributed by atoms with Gasteiger partial charge in [-0.25, -0.2) is 0 Å². The van der Waals surface area contributed by atoms with Gasteiger partial charge < -0.3 is 9.47 Å². The molecule has 0 N–H and O–H groups in total. The first kappa shape index (κ1) is 11.1. The summed E-state index contributed by atoms with van der Waals surface area (Å²) in [6.07, 6.45) is 2.36. The van der Waals surface area contributed by atoms with E-state index in [1.807, 2.05) is 13.8 Å². The Morgan fingerprint density at radius 2 is 1.73 bits per heavy atom. The summed E-state index contributed by atoms with van der Waals surface area (Å²) in [6, 6.07) is 1.34. The smallest absolute Gasteiger partial charge is 0.157 e. The van der Waals surface area contributed by atoms with Crippen molar-refractivity contribution in [3.05, 3.63) is 0 Å². The Bertz CT molecular complexity index is 72.5. The van der Waals surface area contributed by atoms with Gasteiger partial charge in [0.25, 0.3) is 0 Å². The van der Waals surface area contributed by atoms with Gasteiger partial charge >= 0.3 is 0 Å². The van der Waals surface area contributed by atoms with E-state index >= 15 is 0 Å². The van der Waals surface area contributed by atoms with Crippen molar-refractivity contribution >= 4 is 10.2 Å². The number of hydrogen-bond acceptors (Lipinski definition) is 2. The molecule has 0 bridgehead atoms. The molecular weight excluding hydrogens is 156 g/mol. The summed E-state index contributed by atoms with van der Waals surface area (Å²) in [5.74, 6) is 0. The average Bonchev–Trinajstić information content (AvgIpc) is 2.01.